The van der Waals surface area contributed by atoms with E-state index >= 15 is 0 Å². The molecule has 0 aliphatic carbocycles. The molecule has 5 heteroatoms. The highest BCUT2D eigenvalue weighted by molar-refractivity contribution is 6.02. The second kappa shape index (κ2) is 6.06. The molecule has 0 saturated heterocycles. The minimum Gasteiger partial charge on any atom is -0.456 e. The maximum absolute atomic E-state index is 11.9. The molecule has 0 aliphatic heterocycles. The zero-order chi connectivity index (χ0) is 14.5. The van der Waals surface area contributed by atoms with Gasteiger partial charge in [-0.1, -0.05) is 13.0 Å². The summed E-state index contributed by atoms with van der Waals surface area (Å²) in [4.78, 5) is 23.3. The van der Waals surface area contributed by atoms with Gasteiger partial charge in [0.25, 0.3) is 5.91 Å². The zero-order valence-electron chi connectivity index (χ0n) is 11.4. The molecule has 5 nitrogen and oxygen atoms in total. The highest BCUT2D eigenvalue weighted by atomic mass is 16.3. The Bertz CT molecular complexity index is 632. The predicted molar refractivity (Wildman–Crippen MR) is 76.8 cm³/mol. The van der Waals surface area contributed by atoms with Crippen LogP contribution >= 0.6 is 0 Å². The Hall–Kier alpha value is -2.56. The number of benzene rings is 1. The van der Waals surface area contributed by atoms with Crippen LogP contribution in [0.3, 0.4) is 0 Å². The number of amides is 2. The number of nitrogens with one attached hydrogen (secondary N) is 2. The number of aryl methyl sites for hydroxylation is 1. The van der Waals surface area contributed by atoms with Crippen molar-refractivity contribution in [2.45, 2.75) is 20.3 Å². The minimum atomic E-state index is -0.322. The van der Waals surface area contributed by atoms with Crippen molar-refractivity contribution < 1.29 is 14.0 Å². The van der Waals surface area contributed by atoms with E-state index in [0.717, 1.165) is 0 Å². The molecule has 1 aromatic carbocycles. The second-order valence-corrected chi connectivity index (χ2v) is 4.35. The summed E-state index contributed by atoms with van der Waals surface area (Å²) in [6, 6.07) is 10.3. The van der Waals surface area contributed by atoms with Gasteiger partial charge >= 0.3 is 0 Å². The van der Waals surface area contributed by atoms with E-state index in [-0.39, 0.29) is 17.6 Å². The van der Waals surface area contributed by atoms with Gasteiger partial charge in [0.05, 0.1) is 0 Å². The van der Waals surface area contributed by atoms with Gasteiger partial charge in [0, 0.05) is 17.8 Å². The molecule has 2 N–H and O–H groups in total. The van der Waals surface area contributed by atoms with E-state index in [9.17, 15) is 9.59 Å². The number of furan rings is 1. The lowest BCUT2D eigenvalue weighted by Crippen LogP contribution is -2.12. The Kier molecular flexibility index (Phi) is 4.20. The van der Waals surface area contributed by atoms with Gasteiger partial charge in [-0.05, 0) is 37.3 Å². The molecule has 2 rings (SSSR count). The molecule has 0 saturated carbocycles. The molecule has 0 spiro atoms. The lowest BCUT2D eigenvalue weighted by Gasteiger charge is -2.07. The lowest BCUT2D eigenvalue weighted by atomic mass is 10.2. The van der Waals surface area contributed by atoms with Crippen molar-refractivity contribution >= 4 is 23.2 Å². The quantitative estimate of drug-likeness (QED) is 0.897. The number of carbonyl (C=O) groups is 2. The zero-order valence-corrected chi connectivity index (χ0v) is 11.4. The van der Waals surface area contributed by atoms with Crippen LogP contribution in [0, 0.1) is 6.92 Å². The summed E-state index contributed by atoms with van der Waals surface area (Å²) < 4.78 is 5.25. The van der Waals surface area contributed by atoms with Crippen LogP contribution in [0.5, 0.6) is 0 Å². The van der Waals surface area contributed by atoms with Crippen LogP contribution in [0.15, 0.2) is 40.8 Å². The molecule has 0 fully saturated rings. The van der Waals surface area contributed by atoms with E-state index in [1.165, 1.54) is 0 Å². The molecule has 2 aromatic rings. The predicted octanol–water partition coefficient (Wildman–Crippen LogP) is 3.19. The fraction of sp³-hybridized carbons (Fsp3) is 0.200. The third kappa shape index (κ3) is 3.47. The first-order valence-corrected chi connectivity index (χ1v) is 6.36. The Morgan fingerprint density at radius 1 is 1.10 bits per heavy atom. The van der Waals surface area contributed by atoms with Crippen molar-refractivity contribution in [2.24, 2.45) is 0 Å². The van der Waals surface area contributed by atoms with E-state index in [0.29, 0.717) is 23.6 Å². The summed E-state index contributed by atoms with van der Waals surface area (Å²) in [6.07, 6.45) is 0.405. The van der Waals surface area contributed by atoms with Gasteiger partial charge in [-0.25, -0.2) is 0 Å². The third-order valence-corrected chi connectivity index (χ3v) is 2.69. The first-order valence-electron chi connectivity index (χ1n) is 6.36. The largest absolute Gasteiger partial charge is 0.456 e. The van der Waals surface area contributed by atoms with Gasteiger partial charge in [0.2, 0.25) is 5.91 Å². The summed E-state index contributed by atoms with van der Waals surface area (Å²) in [7, 11) is 0. The number of hydrogen-bond acceptors (Lipinski definition) is 3. The maximum atomic E-state index is 11.9. The summed E-state index contributed by atoms with van der Waals surface area (Å²) in [5.74, 6) is 0.539. The molecule has 0 unspecified atom stereocenters. The molecular formula is C15H16N2O3. The smallest absolute Gasteiger partial charge is 0.291 e. The van der Waals surface area contributed by atoms with Crippen molar-refractivity contribution in [1.82, 2.24) is 0 Å². The average Bonchev–Trinajstić information content (AvgIpc) is 2.86. The molecule has 0 atom stereocenters. The Labute approximate surface area is 117 Å². The molecule has 104 valence electrons. The Morgan fingerprint density at radius 2 is 1.80 bits per heavy atom. The van der Waals surface area contributed by atoms with Crippen LogP contribution in [-0.2, 0) is 4.79 Å². The topological polar surface area (TPSA) is 71.3 Å². The Balaban J connectivity index is 2.08. The number of hydrogen-bond donors (Lipinski definition) is 2. The van der Waals surface area contributed by atoms with E-state index in [4.69, 9.17) is 4.42 Å². The van der Waals surface area contributed by atoms with Crippen molar-refractivity contribution in [3.05, 3.63) is 47.9 Å². The third-order valence-electron chi connectivity index (χ3n) is 2.69. The highest BCUT2D eigenvalue weighted by Crippen LogP contribution is 2.17. The van der Waals surface area contributed by atoms with E-state index < -0.39 is 0 Å². The molecule has 20 heavy (non-hydrogen) atoms. The normalized spacial score (nSPS) is 10.1. The van der Waals surface area contributed by atoms with Gasteiger partial charge in [0.1, 0.15) is 5.76 Å². The van der Waals surface area contributed by atoms with E-state index in [1.807, 2.05) is 0 Å². The number of anilines is 2. The van der Waals surface area contributed by atoms with Gasteiger partial charge < -0.3 is 15.1 Å². The van der Waals surface area contributed by atoms with Crippen LogP contribution in [0.1, 0.15) is 29.7 Å². The van der Waals surface area contributed by atoms with Crippen LogP contribution < -0.4 is 10.6 Å². The molecule has 1 aromatic heterocycles. The van der Waals surface area contributed by atoms with Gasteiger partial charge in [-0.3, -0.25) is 9.59 Å². The van der Waals surface area contributed by atoms with Gasteiger partial charge in [-0.15, -0.1) is 0 Å². The Morgan fingerprint density at radius 3 is 2.40 bits per heavy atom. The van der Waals surface area contributed by atoms with Crippen LogP contribution in [0.25, 0.3) is 0 Å². The summed E-state index contributed by atoms with van der Waals surface area (Å²) >= 11 is 0. The molecular weight excluding hydrogens is 256 g/mol. The SMILES string of the molecule is CCC(=O)Nc1cccc(NC(=O)c2ccc(C)o2)c1. The number of carbonyl (C=O) groups excluding carboxylic acids is 2. The van der Waals surface area contributed by atoms with Gasteiger partial charge in [0.15, 0.2) is 5.76 Å². The maximum Gasteiger partial charge on any atom is 0.291 e. The molecule has 1 heterocycles. The molecule has 2 amide bonds. The van der Waals surface area contributed by atoms with E-state index in [2.05, 4.69) is 10.6 Å². The molecule has 0 aliphatic rings. The average molecular weight is 272 g/mol. The van der Waals surface area contributed by atoms with Crippen LogP contribution in [0.4, 0.5) is 11.4 Å². The van der Waals surface area contributed by atoms with Crippen molar-refractivity contribution in [3.63, 3.8) is 0 Å². The summed E-state index contributed by atoms with van der Waals surface area (Å²) in [6.45, 7) is 3.55. The number of rotatable bonds is 4. The van der Waals surface area contributed by atoms with Crippen LogP contribution in [0.2, 0.25) is 0 Å². The first kappa shape index (κ1) is 13.9. The minimum absolute atomic E-state index is 0.0739. The fourth-order valence-electron chi connectivity index (χ4n) is 1.67. The summed E-state index contributed by atoms with van der Waals surface area (Å²) in [5.41, 5.74) is 1.24. The van der Waals surface area contributed by atoms with Crippen molar-refractivity contribution in [2.75, 3.05) is 10.6 Å². The molecule has 0 bridgehead atoms. The molecule has 0 radical (unpaired) electrons. The monoisotopic (exact) mass is 272 g/mol. The first-order chi connectivity index (χ1) is 9.58. The summed E-state index contributed by atoms with van der Waals surface area (Å²) in [5, 5.41) is 5.45. The van der Waals surface area contributed by atoms with E-state index in [1.54, 1.807) is 50.2 Å². The van der Waals surface area contributed by atoms with Crippen molar-refractivity contribution in [3.8, 4) is 0 Å². The van der Waals surface area contributed by atoms with Crippen molar-refractivity contribution in [1.29, 1.82) is 0 Å². The highest BCUT2D eigenvalue weighted by Gasteiger charge is 2.10. The standard InChI is InChI=1S/C15H16N2O3/c1-3-14(18)16-11-5-4-6-12(9-11)17-15(19)13-8-7-10(2)20-13/h4-9H,3H2,1-2H3,(H,16,18)(H,17,19). The fourth-order valence-corrected chi connectivity index (χ4v) is 1.67. The van der Waals surface area contributed by atoms with Crippen LogP contribution in [-0.4, -0.2) is 11.8 Å². The lowest BCUT2D eigenvalue weighted by molar-refractivity contribution is -0.115. The van der Waals surface area contributed by atoms with Gasteiger partial charge in [-0.2, -0.15) is 0 Å². The second-order valence-electron chi connectivity index (χ2n) is 4.35.